The lowest BCUT2D eigenvalue weighted by atomic mass is 9.89. The van der Waals surface area contributed by atoms with Crippen molar-refractivity contribution in [2.75, 3.05) is 25.4 Å². The Bertz CT molecular complexity index is 1260. The number of allylic oxidation sites excluding steroid dienone is 3. The Hall–Kier alpha value is -2.70. The molecular formula is C30H35FN2O2S. The molecule has 1 fully saturated rings. The van der Waals surface area contributed by atoms with E-state index in [-0.39, 0.29) is 11.6 Å². The minimum atomic E-state index is -3.44. The third kappa shape index (κ3) is 6.16. The maximum atomic E-state index is 13.3. The van der Waals surface area contributed by atoms with Gasteiger partial charge in [0.15, 0.2) is 0 Å². The third-order valence-electron chi connectivity index (χ3n) is 7.61. The molecule has 0 saturated carbocycles. The zero-order valence-corrected chi connectivity index (χ0v) is 21.6. The van der Waals surface area contributed by atoms with Gasteiger partial charge in [-0.15, -0.1) is 0 Å². The van der Waals surface area contributed by atoms with Gasteiger partial charge in [0.05, 0.1) is 12.3 Å². The van der Waals surface area contributed by atoms with E-state index in [4.69, 9.17) is 0 Å². The summed E-state index contributed by atoms with van der Waals surface area (Å²) in [4.78, 5) is 2.50. The van der Waals surface area contributed by atoms with Gasteiger partial charge in [-0.05, 0) is 97.5 Å². The zero-order chi connectivity index (χ0) is 25.0. The van der Waals surface area contributed by atoms with Crippen molar-refractivity contribution in [1.82, 2.24) is 9.21 Å². The molecule has 0 aromatic heterocycles. The van der Waals surface area contributed by atoms with Gasteiger partial charge in [0.2, 0.25) is 10.0 Å². The lowest BCUT2D eigenvalue weighted by molar-refractivity contribution is 0.187. The van der Waals surface area contributed by atoms with Gasteiger partial charge >= 0.3 is 0 Å². The first-order valence-corrected chi connectivity index (χ1v) is 14.7. The Balaban J connectivity index is 1.21. The maximum absolute atomic E-state index is 13.3. The number of benzene rings is 2. The van der Waals surface area contributed by atoms with Crippen LogP contribution in [0.1, 0.15) is 48.8 Å². The molecule has 0 spiro atoms. The van der Waals surface area contributed by atoms with Gasteiger partial charge in [0.1, 0.15) is 5.82 Å². The van der Waals surface area contributed by atoms with Crippen molar-refractivity contribution in [3.05, 3.63) is 101 Å². The van der Waals surface area contributed by atoms with Crippen molar-refractivity contribution < 1.29 is 12.8 Å². The van der Waals surface area contributed by atoms with E-state index in [1.165, 1.54) is 11.1 Å². The van der Waals surface area contributed by atoms with Crippen LogP contribution in [0, 0.1) is 11.7 Å². The number of likely N-dealkylation sites (tertiary alicyclic amines) is 1. The van der Waals surface area contributed by atoms with Gasteiger partial charge < -0.3 is 4.90 Å². The number of nitrogens with zero attached hydrogens (tertiary/aromatic N) is 2. The van der Waals surface area contributed by atoms with E-state index in [1.807, 2.05) is 48.7 Å². The van der Waals surface area contributed by atoms with Crippen LogP contribution in [0.4, 0.5) is 4.39 Å². The molecule has 2 aromatic carbocycles. The molecule has 6 heteroatoms. The van der Waals surface area contributed by atoms with Crippen LogP contribution in [0.3, 0.4) is 0 Å². The largest absolute Gasteiger partial charge is 0.303 e. The molecule has 0 atom stereocenters. The Labute approximate surface area is 214 Å². The minimum absolute atomic E-state index is 0.0526. The van der Waals surface area contributed by atoms with Gasteiger partial charge in [-0.2, -0.15) is 0 Å². The van der Waals surface area contributed by atoms with E-state index in [0.717, 1.165) is 74.9 Å². The Morgan fingerprint density at radius 2 is 1.75 bits per heavy atom. The first kappa shape index (κ1) is 25.0. The van der Waals surface area contributed by atoms with Crippen LogP contribution in [0.5, 0.6) is 0 Å². The van der Waals surface area contributed by atoms with Crippen molar-refractivity contribution in [1.29, 1.82) is 0 Å². The highest BCUT2D eigenvalue weighted by Gasteiger charge is 2.27. The number of sulfonamides is 1. The van der Waals surface area contributed by atoms with Gasteiger partial charge in [0, 0.05) is 12.7 Å². The third-order valence-corrected chi connectivity index (χ3v) is 9.26. The fraction of sp³-hybridized carbons (Fsp3) is 0.400. The number of hydrogen-bond acceptors (Lipinski definition) is 3. The number of hydrogen-bond donors (Lipinski definition) is 0. The molecule has 0 amide bonds. The van der Waals surface area contributed by atoms with Crippen molar-refractivity contribution in [2.45, 2.75) is 45.1 Å². The number of fused-ring (bicyclic) bond motifs is 1. The van der Waals surface area contributed by atoms with Gasteiger partial charge in [0.25, 0.3) is 0 Å². The summed E-state index contributed by atoms with van der Waals surface area (Å²) >= 11 is 0. The topological polar surface area (TPSA) is 40.6 Å². The highest BCUT2D eigenvalue weighted by molar-refractivity contribution is 7.89. The van der Waals surface area contributed by atoms with Crippen LogP contribution in [0.15, 0.2) is 78.5 Å². The fourth-order valence-electron chi connectivity index (χ4n) is 5.52. The van der Waals surface area contributed by atoms with Gasteiger partial charge in [-0.25, -0.2) is 12.8 Å². The minimum Gasteiger partial charge on any atom is -0.303 e. The highest BCUT2D eigenvalue weighted by atomic mass is 32.2. The van der Waals surface area contributed by atoms with E-state index in [1.54, 1.807) is 16.4 Å². The molecule has 0 unspecified atom stereocenters. The summed E-state index contributed by atoms with van der Waals surface area (Å²) in [7, 11) is -3.44. The molecule has 1 saturated heterocycles. The first-order chi connectivity index (χ1) is 17.5. The summed E-state index contributed by atoms with van der Waals surface area (Å²) in [6.45, 7) is 3.41. The standard InChI is InChI=1S/C30H35FN2O2S/c31-29-12-10-24(11-13-29)20-25-14-17-32(18-15-25)19-16-28-22-33(21-27-8-4-5-9-30(27)28)36(34,35)23-26-6-2-1-3-7-26/h2,4-13,22,25H,1,3,14-21,23H2. The zero-order valence-electron chi connectivity index (χ0n) is 20.8. The fourth-order valence-corrected chi connectivity index (χ4v) is 6.95. The lowest BCUT2D eigenvalue weighted by Gasteiger charge is -2.33. The summed E-state index contributed by atoms with van der Waals surface area (Å²) in [6.07, 6.45) is 13.9. The van der Waals surface area contributed by atoms with Crippen LogP contribution in [0.25, 0.3) is 5.57 Å². The van der Waals surface area contributed by atoms with Crippen LogP contribution in [-0.4, -0.2) is 43.0 Å². The molecule has 2 heterocycles. The van der Waals surface area contributed by atoms with Gasteiger partial charge in [-0.3, -0.25) is 4.31 Å². The second kappa shape index (κ2) is 11.1. The molecule has 0 N–H and O–H groups in total. The molecular weight excluding hydrogens is 471 g/mol. The summed E-state index contributed by atoms with van der Waals surface area (Å²) in [5.74, 6) is 0.503. The van der Waals surface area contributed by atoms with Gasteiger partial charge in [-0.1, -0.05) is 54.6 Å². The SMILES string of the molecule is O=S(=O)(CC1=CCCC=C1)N1C=C(CCN2CCC(Cc3ccc(F)cc3)CC2)c2ccccc2C1. The van der Waals surface area contributed by atoms with Crippen LogP contribution < -0.4 is 0 Å². The monoisotopic (exact) mass is 506 g/mol. The van der Waals surface area contributed by atoms with E-state index < -0.39 is 10.0 Å². The number of halogens is 1. The average Bonchev–Trinajstić information content (AvgIpc) is 2.89. The van der Waals surface area contributed by atoms with Crippen molar-refractivity contribution in [2.24, 2.45) is 5.92 Å². The summed E-state index contributed by atoms with van der Waals surface area (Å²) in [6, 6.07) is 15.1. The van der Waals surface area contributed by atoms with Crippen molar-refractivity contribution in [3.63, 3.8) is 0 Å². The van der Waals surface area contributed by atoms with Crippen molar-refractivity contribution >= 4 is 15.6 Å². The van der Waals surface area contributed by atoms with Crippen LogP contribution in [-0.2, 0) is 23.0 Å². The second-order valence-electron chi connectivity index (χ2n) is 10.2. The first-order valence-electron chi connectivity index (χ1n) is 13.1. The molecule has 190 valence electrons. The lowest BCUT2D eigenvalue weighted by Crippen LogP contribution is -2.35. The Morgan fingerprint density at radius 3 is 2.50 bits per heavy atom. The second-order valence-corrected chi connectivity index (χ2v) is 12.2. The number of rotatable bonds is 8. The highest BCUT2D eigenvalue weighted by Crippen LogP contribution is 2.32. The smallest absolute Gasteiger partial charge is 0.239 e. The molecule has 0 bridgehead atoms. The van der Waals surface area contributed by atoms with E-state index in [2.05, 4.69) is 17.0 Å². The molecule has 2 aliphatic heterocycles. The maximum Gasteiger partial charge on any atom is 0.239 e. The molecule has 36 heavy (non-hydrogen) atoms. The Kier molecular flexibility index (Phi) is 7.73. The van der Waals surface area contributed by atoms with E-state index >= 15 is 0 Å². The molecule has 0 radical (unpaired) electrons. The molecule has 1 aliphatic carbocycles. The predicted octanol–water partition coefficient (Wildman–Crippen LogP) is 5.93. The molecule has 4 nitrogen and oxygen atoms in total. The summed E-state index contributed by atoms with van der Waals surface area (Å²) in [5, 5.41) is 0. The normalized spacial score (nSPS) is 19.1. The number of piperidine rings is 1. The molecule has 2 aromatic rings. The van der Waals surface area contributed by atoms with Crippen LogP contribution >= 0.6 is 0 Å². The predicted molar refractivity (Wildman–Crippen MR) is 144 cm³/mol. The summed E-state index contributed by atoms with van der Waals surface area (Å²) in [5.41, 5.74) is 5.44. The quantitative estimate of drug-likeness (QED) is 0.445. The van der Waals surface area contributed by atoms with E-state index in [9.17, 15) is 12.8 Å². The Morgan fingerprint density at radius 1 is 0.972 bits per heavy atom. The molecule has 3 aliphatic rings. The summed E-state index contributed by atoms with van der Waals surface area (Å²) < 4.78 is 41.3. The average molecular weight is 507 g/mol. The van der Waals surface area contributed by atoms with Crippen LogP contribution in [0.2, 0.25) is 0 Å². The molecule has 5 rings (SSSR count). The van der Waals surface area contributed by atoms with E-state index in [0.29, 0.717) is 12.5 Å². The van der Waals surface area contributed by atoms with Crippen molar-refractivity contribution in [3.8, 4) is 0 Å².